The van der Waals surface area contributed by atoms with Crippen molar-refractivity contribution in [3.8, 4) is 11.8 Å². The highest BCUT2D eigenvalue weighted by Gasteiger charge is 2.08. The van der Waals surface area contributed by atoms with Gasteiger partial charge in [0.1, 0.15) is 6.61 Å². The number of carbonyl (C=O) groups is 1. The molecule has 0 saturated carbocycles. The Morgan fingerprint density at radius 2 is 2.00 bits per heavy atom. The van der Waals surface area contributed by atoms with Gasteiger partial charge >= 0.3 is 0 Å². The first-order chi connectivity index (χ1) is 10.1. The Bertz CT molecular complexity index is 723. The number of aryl methyl sites for hydroxylation is 2. The third-order valence-corrected chi connectivity index (χ3v) is 3.08. The van der Waals surface area contributed by atoms with Crippen LogP contribution in [0.25, 0.3) is 0 Å². The average Bonchev–Trinajstić information content (AvgIpc) is 2.46. The minimum absolute atomic E-state index is 0.173. The first kappa shape index (κ1) is 14.8. The Kier molecular flexibility index (Phi) is 4.76. The molecule has 0 heterocycles. The molecule has 0 aromatic heterocycles. The summed E-state index contributed by atoms with van der Waals surface area (Å²) in [6.07, 6.45) is 0. The normalized spacial score (nSPS) is 9.67. The van der Waals surface area contributed by atoms with Crippen molar-refractivity contribution >= 4 is 11.6 Å². The SMILES string of the molecule is Cc1cccc(NC(=O)c2ccc(C)c(C#CCO)c2)c1. The monoisotopic (exact) mass is 279 g/mol. The average molecular weight is 279 g/mol. The van der Waals surface area contributed by atoms with E-state index in [0.717, 1.165) is 22.4 Å². The summed E-state index contributed by atoms with van der Waals surface area (Å²) in [6.45, 7) is 3.70. The molecule has 0 aliphatic carbocycles. The number of aliphatic hydroxyl groups excluding tert-OH is 1. The first-order valence-electron chi connectivity index (χ1n) is 6.68. The minimum Gasteiger partial charge on any atom is -0.384 e. The molecule has 21 heavy (non-hydrogen) atoms. The largest absolute Gasteiger partial charge is 0.384 e. The van der Waals surface area contributed by atoms with Gasteiger partial charge in [0.15, 0.2) is 0 Å². The number of anilines is 1. The Hall–Kier alpha value is -2.57. The molecule has 0 aliphatic rings. The number of carbonyl (C=O) groups excluding carboxylic acids is 1. The zero-order valence-electron chi connectivity index (χ0n) is 12.1. The van der Waals surface area contributed by atoms with Gasteiger partial charge in [0.25, 0.3) is 5.91 Å². The van der Waals surface area contributed by atoms with Gasteiger partial charge in [-0.25, -0.2) is 0 Å². The fraction of sp³-hybridized carbons (Fsp3) is 0.167. The number of benzene rings is 2. The van der Waals surface area contributed by atoms with E-state index in [1.807, 2.05) is 44.2 Å². The summed E-state index contributed by atoms with van der Waals surface area (Å²) in [7, 11) is 0. The van der Waals surface area contributed by atoms with Crippen LogP contribution in [0.1, 0.15) is 27.0 Å². The molecule has 2 aromatic rings. The van der Waals surface area contributed by atoms with Gasteiger partial charge in [-0.1, -0.05) is 30.0 Å². The lowest BCUT2D eigenvalue weighted by Gasteiger charge is -2.07. The number of rotatable bonds is 2. The fourth-order valence-corrected chi connectivity index (χ4v) is 1.96. The molecule has 0 spiro atoms. The predicted molar refractivity (Wildman–Crippen MR) is 84.3 cm³/mol. The maximum absolute atomic E-state index is 12.3. The number of hydrogen-bond donors (Lipinski definition) is 2. The second-order valence-electron chi connectivity index (χ2n) is 4.81. The molecule has 0 unspecified atom stereocenters. The van der Waals surface area contributed by atoms with Crippen LogP contribution < -0.4 is 5.32 Å². The molecule has 2 N–H and O–H groups in total. The molecule has 0 atom stereocenters. The van der Waals surface area contributed by atoms with Gasteiger partial charge in [0.05, 0.1) is 0 Å². The summed E-state index contributed by atoms with van der Waals surface area (Å²) in [4.78, 5) is 12.3. The number of nitrogens with one attached hydrogen (secondary N) is 1. The molecule has 106 valence electrons. The number of hydrogen-bond acceptors (Lipinski definition) is 2. The Balaban J connectivity index is 2.23. The van der Waals surface area contributed by atoms with Crippen molar-refractivity contribution < 1.29 is 9.90 Å². The Morgan fingerprint density at radius 3 is 2.71 bits per heavy atom. The molecule has 0 radical (unpaired) electrons. The lowest BCUT2D eigenvalue weighted by Crippen LogP contribution is -2.12. The standard InChI is InChI=1S/C18H17NO2/c1-13-5-3-7-17(11-13)19-18(21)16-9-8-14(2)15(12-16)6-4-10-20/h3,5,7-9,11-12,20H,10H2,1-2H3,(H,19,21). The van der Waals surface area contributed by atoms with Crippen molar-refractivity contribution in [3.63, 3.8) is 0 Å². The summed E-state index contributed by atoms with van der Waals surface area (Å²) in [5.74, 6) is 5.28. The molecule has 0 fully saturated rings. The van der Waals surface area contributed by atoms with Crippen molar-refractivity contribution in [2.24, 2.45) is 0 Å². The third-order valence-electron chi connectivity index (χ3n) is 3.08. The summed E-state index contributed by atoms with van der Waals surface area (Å²) in [5.41, 5.74) is 4.13. The summed E-state index contributed by atoms with van der Waals surface area (Å²) in [5, 5.41) is 11.6. The maximum atomic E-state index is 12.3. The highest BCUT2D eigenvalue weighted by atomic mass is 16.2. The molecule has 0 aliphatic heterocycles. The molecule has 2 rings (SSSR count). The summed E-state index contributed by atoms with van der Waals surface area (Å²) in [6, 6.07) is 13.0. The maximum Gasteiger partial charge on any atom is 0.255 e. The van der Waals surface area contributed by atoms with Crippen molar-refractivity contribution in [2.45, 2.75) is 13.8 Å². The number of amides is 1. The van der Waals surface area contributed by atoms with Gasteiger partial charge in [-0.3, -0.25) is 4.79 Å². The van der Waals surface area contributed by atoms with E-state index in [2.05, 4.69) is 17.2 Å². The van der Waals surface area contributed by atoms with E-state index in [-0.39, 0.29) is 12.5 Å². The second kappa shape index (κ2) is 6.74. The molecule has 1 amide bonds. The van der Waals surface area contributed by atoms with E-state index >= 15 is 0 Å². The van der Waals surface area contributed by atoms with Crippen molar-refractivity contribution in [3.05, 3.63) is 64.7 Å². The van der Waals surface area contributed by atoms with Gasteiger partial charge in [-0.2, -0.15) is 0 Å². The quantitative estimate of drug-likeness (QED) is 0.830. The van der Waals surface area contributed by atoms with E-state index < -0.39 is 0 Å². The van der Waals surface area contributed by atoms with Crippen LogP contribution in [0.2, 0.25) is 0 Å². The highest BCUT2D eigenvalue weighted by molar-refractivity contribution is 6.04. The van der Waals surface area contributed by atoms with Crippen LogP contribution >= 0.6 is 0 Å². The number of aliphatic hydroxyl groups is 1. The Labute approximate surface area is 124 Å². The molecule has 0 bridgehead atoms. The van der Waals surface area contributed by atoms with Crippen LogP contribution in [0.5, 0.6) is 0 Å². The van der Waals surface area contributed by atoms with Crippen molar-refractivity contribution in [1.29, 1.82) is 0 Å². The van der Waals surface area contributed by atoms with E-state index in [1.165, 1.54) is 0 Å². The fourth-order valence-electron chi connectivity index (χ4n) is 1.96. The summed E-state index contributed by atoms with van der Waals surface area (Å²) < 4.78 is 0. The topological polar surface area (TPSA) is 49.3 Å². The van der Waals surface area contributed by atoms with E-state index in [1.54, 1.807) is 12.1 Å². The van der Waals surface area contributed by atoms with Crippen LogP contribution in [0.15, 0.2) is 42.5 Å². The van der Waals surface area contributed by atoms with E-state index in [4.69, 9.17) is 5.11 Å². The van der Waals surface area contributed by atoms with Crippen molar-refractivity contribution in [1.82, 2.24) is 0 Å². The summed E-state index contributed by atoms with van der Waals surface area (Å²) >= 11 is 0. The minimum atomic E-state index is -0.195. The van der Waals surface area contributed by atoms with E-state index in [0.29, 0.717) is 5.56 Å². The van der Waals surface area contributed by atoms with Gasteiger partial charge in [-0.15, -0.1) is 0 Å². The van der Waals surface area contributed by atoms with Gasteiger partial charge in [-0.05, 0) is 49.2 Å². The highest BCUT2D eigenvalue weighted by Crippen LogP contribution is 2.14. The molecule has 2 aromatic carbocycles. The van der Waals surface area contributed by atoms with Gasteiger partial charge < -0.3 is 10.4 Å². The molecular formula is C18H17NO2. The van der Waals surface area contributed by atoms with Gasteiger partial charge in [0, 0.05) is 16.8 Å². The van der Waals surface area contributed by atoms with Crippen LogP contribution in [-0.2, 0) is 0 Å². The van der Waals surface area contributed by atoms with Crippen molar-refractivity contribution in [2.75, 3.05) is 11.9 Å². The van der Waals surface area contributed by atoms with Gasteiger partial charge in [0.2, 0.25) is 0 Å². The smallest absolute Gasteiger partial charge is 0.255 e. The molecule has 3 nitrogen and oxygen atoms in total. The van der Waals surface area contributed by atoms with Crippen LogP contribution in [0, 0.1) is 25.7 Å². The van der Waals surface area contributed by atoms with Crippen LogP contribution in [0.3, 0.4) is 0 Å². The lowest BCUT2D eigenvalue weighted by molar-refractivity contribution is 0.102. The van der Waals surface area contributed by atoms with E-state index in [9.17, 15) is 4.79 Å². The third kappa shape index (κ3) is 3.95. The molecule has 0 saturated heterocycles. The molecule has 3 heteroatoms. The predicted octanol–water partition coefficient (Wildman–Crippen LogP) is 2.90. The Morgan fingerprint density at radius 1 is 1.19 bits per heavy atom. The van der Waals surface area contributed by atoms with Crippen LogP contribution in [0.4, 0.5) is 5.69 Å². The van der Waals surface area contributed by atoms with Crippen LogP contribution in [-0.4, -0.2) is 17.6 Å². The zero-order chi connectivity index (χ0) is 15.2. The second-order valence-corrected chi connectivity index (χ2v) is 4.81. The molecular weight excluding hydrogens is 262 g/mol. The lowest BCUT2D eigenvalue weighted by atomic mass is 10.0. The zero-order valence-corrected chi connectivity index (χ0v) is 12.1. The first-order valence-corrected chi connectivity index (χ1v) is 6.68.